The van der Waals surface area contributed by atoms with Crippen LogP contribution in [-0.4, -0.2) is 27.3 Å². The second kappa shape index (κ2) is 8.87. The van der Waals surface area contributed by atoms with Crippen LogP contribution in [0.4, 0.5) is 10.5 Å². The molecule has 2 aromatic carbocycles. The summed E-state index contributed by atoms with van der Waals surface area (Å²) in [6.45, 7) is 5.31. The summed E-state index contributed by atoms with van der Waals surface area (Å²) in [6.07, 6.45) is 0.710. The summed E-state index contributed by atoms with van der Waals surface area (Å²) in [5.41, 5.74) is 4.06. The maximum Gasteiger partial charge on any atom is 0.412 e. The molecule has 0 radical (unpaired) electrons. The summed E-state index contributed by atoms with van der Waals surface area (Å²) >= 11 is 1.37. The number of nitrogens with one attached hydrogen (secondary N) is 2. The summed E-state index contributed by atoms with van der Waals surface area (Å²) in [4.78, 5) is 42.6. The molecule has 4 aromatic rings. The Hall–Kier alpha value is -3.98. The number of ether oxygens (including phenoxy) is 1. The van der Waals surface area contributed by atoms with E-state index in [1.165, 1.54) is 17.7 Å². The Morgan fingerprint density at radius 2 is 1.73 bits per heavy atom. The molecular weight excluding hydrogens is 440 g/mol. The summed E-state index contributed by atoms with van der Waals surface area (Å²) in [5, 5.41) is 4.94. The van der Waals surface area contributed by atoms with E-state index in [0.717, 1.165) is 15.8 Å². The predicted octanol–water partition coefficient (Wildman–Crippen LogP) is 4.86. The molecule has 2 N–H and O–H groups in total. The fourth-order valence-electron chi connectivity index (χ4n) is 3.14. The molecule has 0 saturated heterocycles. The van der Waals surface area contributed by atoms with Gasteiger partial charge in [-0.05, 0) is 50.6 Å². The first-order valence-electron chi connectivity index (χ1n) is 10.2. The molecule has 0 unspecified atom stereocenters. The van der Waals surface area contributed by atoms with Gasteiger partial charge in [-0.2, -0.15) is 0 Å². The minimum atomic E-state index is -0.616. The van der Waals surface area contributed by atoms with Gasteiger partial charge in [0, 0.05) is 22.2 Å². The monoisotopic (exact) mass is 462 g/mol. The predicted molar refractivity (Wildman–Crippen MR) is 129 cm³/mol. The van der Waals surface area contributed by atoms with Crippen molar-refractivity contribution in [2.75, 3.05) is 10.7 Å². The Morgan fingerprint density at radius 3 is 2.39 bits per heavy atom. The molecule has 0 bridgehead atoms. The molecule has 0 aliphatic carbocycles. The van der Waals surface area contributed by atoms with Crippen molar-refractivity contribution in [1.29, 1.82) is 0 Å². The number of thiophene rings is 1. The quantitative estimate of drug-likeness (QED) is 0.451. The standard InChI is InChI=1S/C24H22N4O4S/c1-24(2,3)32-23(31)26-17-11-9-16(10-12-17)20(29)27-28-14-25-21-19(22(28)30)18(13-33-21)15-7-5-4-6-8-15/h4-14H,1-3H3,(H,26,31)(H,27,29). The Morgan fingerprint density at radius 1 is 1.03 bits per heavy atom. The number of benzene rings is 2. The van der Waals surface area contributed by atoms with Crippen LogP contribution < -0.4 is 16.3 Å². The van der Waals surface area contributed by atoms with Crippen molar-refractivity contribution in [3.8, 4) is 11.1 Å². The lowest BCUT2D eigenvalue weighted by molar-refractivity contribution is 0.0636. The average Bonchev–Trinajstić information content (AvgIpc) is 3.20. The molecule has 0 saturated carbocycles. The van der Waals surface area contributed by atoms with Crippen molar-refractivity contribution in [2.45, 2.75) is 26.4 Å². The van der Waals surface area contributed by atoms with Crippen LogP contribution in [0, 0.1) is 0 Å². The van der Waals surface area contributed by atoms with Gasteiger partial charge in [0.25, 0.3) is 11.5 Å². The second-order valence-corrected chi connectivity index (χ2v) is 9.12. The zero-order valence-electron chi connectivity index (χ0n) is 18.3. The number of anilines is 1. The van der Waals surface area contributed by atoms with Crippen molar-refractivity contribution in [1.82, 2.24) is 9.66 Å². The first-order valence-corrected chi connectivity index (χ1v) is 11.0. The van der Waals surface area contributed by atoms with Gasteiger partial charge < -0.3 is 4.74 Å². The molecule has 0 fully saturated rings. The van der Waals surface area contributed by atoms with Gasteiger partial charge >= 0.3 is 6.09 Å². The molecule has 2 amide bonds. The molecule has 2 heterocycles. The van der Waals surface area contributed by atoms with Crippen LogP contribution in [0.5, 0.6) is 0 Å². The SMILES string of the molecule is CC(C)(C)OC(=O)Nc1ccc(C(=O)Nn2cnc3scc(-c4ccccc4)c3c2=O)cc1. The minimum Gasteiger partial charge on any atom is -0.444 e. The van der Waals surface area contributed by atoms with Gasteiger partial charge in [-0.1, -0.05) is 30.3 Å². The third-order valence-corrected chi connectivity index (χ3v) is 5.48. The molecular formula is C24H22N4O4S. The Kier molecular flexibility index (Phi) is 5.97. The number of hydrogen-bond acceptors (Lipinski definition) is 6. The second-order valence-electron chi connectivity index (χ2n) is 8.26. The van der Waals surface area contributed by atoms with Gasteiger partial charge in [-0.25, -0.2) is 14.5 Å². The van der Waals surface area contributed by atoms with E-state index in [9.17, 15) is 14.4 Å². The first kappa shape index (κ1) is 22.2. The van der Waals surface area contributed by atoms with Gasteiger partial charge in [0.15, 0.2) is 0 Å². The first-order chi connectivity index (χ1) is 15.7. The van der Waals surface area contributed by atoms with E-state index in [0.29, 0.717) is 21.5 Å². The third kappa shape index (κ3) is 5.09. The zero-order chi connectivity index (χ0) is 23.6. The highest BCUT2D eigenvalue weighted by Crippen LogP contribution is 2.30. The number of amides is 2. The van der Waals surface area contributed by atoms with E-state index in [1.54, 1.807) is 45.0 Å². The van der Waals surface area contributed by atoms with Crippen LogP contribution >= 0.6 is 11.3 Å². The molecule has 0 atom stereocenters. The lowest BCUT2D eigenvalue weighted by Gasteiger charge is -2.19. The third-order valence-electron chi connectivity index (χ3n) is 4.59. The van der Waals surface area contributed by atoms with Crippen molar-refractivity contribution in [3.05, 3.63) is 82.2 Å². The van der Waals surface area contributed by atoms with Gasteiger partial charge in [0.05, 0.1) is 5.39 Å². The van der Waals surface area contributed by atoms with E-state index >= 15 is 0 Å². The molecule has 4 rings (SSSR count). The van der Waals surface area contributed by atoms with Crippen molar-refractivity contribution in [2.24, 2.45) is 0 Å². The fraction of sp³-hybridized carbons (Fsp3) is 0.167. The van der Waals surface area contributed by atoms with Crippen LogP contribution in [0.2, 0.25) is 0 Å². The maximum atomic E-state index is 13.1. The number of aromatic nitrogens is 2. The smallest absolute Gasteiger partial charge is 0.412 e. The van der Waals surface area contributed by atoms with E-state index in [4.69, 9.17) is 4.74 Å². The van der Waals surface area contributed by atoms with Gasteiger partial charge in [-0.3, -0.25) is 20.3 Å². The number of rotatable bonds is 4. The Bertz CT molecular complexity index is 1370. The number of carbonyl (C=O) groups is 2. The molecule has 8 nitrogen and oxygen atoms in total. The minimum absolute atomic E-state index is 0.310. The largest absolute Gasteiger partial charge is 0.444 e. The Labute approximate surface area is 193 Å². The molecule has 0 aliphatic heterocycles. The van der Waals surface area contributed by atoms with E-state index < -0.39 is 17.6 Å². The summed E-state index contributed by atoms with van der Waals surface area (Å²) in [7, 11) is 0. The van der Waals surface area contributed by atoms with Crippen molar-refractivity contribution in [3.63, 3.8) is 0 Å². The van der Waals surface area contributed by atoms with Crippen LogP contribution in [-0.2, 0) is 4.74 Å². The van der Waals surface area contributed by atoms with E-state index in [2.05, 4.69) is 15.7 Å². The van der Waals surface area contributed by atoms with E-state index in [1.807, 2.05) is 35.7 Å². The zero-order valence-corrected chi connectivity index (χ0v) is 19.1. The number of hydrogen-bond donors (Lipinski definition) is 2. The topological polar surface area (TPSA) is 102 Å². The lowest BCUT2D eigenvalue weighted by Crippen LogP contribution is -2.33. The van der Waals surface area contributed by atoms with Gasteiger partial charge in [0.2, 0.25) is 0 Å². The molecule has 2 aromatic heterocycles. The van der Waals surface area contributed by atoms with Crippen LogP contribution in [0.1, 0.15) is 31.1 Å². The molecule has 0 aliphatic rings. The Balaban J connectivity index is 1.53. The van der Waals surface area contributed by atoms with Crippen LogP contribution in [0.25, 0.3) is 21.3 Å². The molecule has 9 heteroatoms. The van der Waals surface area contributed by atoms with Crippen LogP contribution in [0.15, 0.2) is 71.1 Å². The molecule has 0 spiro atoms. The molecule has 168 valence electrons. The number of carbonyl (C=O) groups excluding carboxylic acids is 2. The number of nitrogens with zero attached hydrogens (tertiary/aromatic N) is 2. The van der Waals surface area contributed by atoms with Crippen LogP contribution in [0.3, 0.4) is 0 Å². The van der Waals surface area contributed by atoms with E-state index in [-0.39, 0.29) is 5.56 Å². The van der Waals surface area contributed by atoms with Crippen molar-refractivity contribution < 1.29 is 14.3 Å². The van der Waals surface area contributed by atoms with Gasteiger partial charge in [0.1, 0.15) is 16.8 Å². The van der Waals surface area contributed by atoms with Gasteiger partial charge in [-0.15, -0.1) is 11.3 Å². The lowest BCUT2D eigenvalue weighted by atomic mass is 10.1. The summed E-state index contributed by atoms with van der Waals surface area (Å²) in [6, 6.07) is 15.8. The fourth-order valence-corrected chi connectivity index (χ4v) is 4.05. The highest BCUT2D eigenvalue weighted by molar-refractivity contribution is 7.17. The number of fused-ring (bicyclic) bond motifs is 1. The van der Waals surface area contributed by atoms with Crippen molar-refractivity contribution >= 4 is 39.2 Å². The summed E-state index contributed by atoms with van der Waals surface area (Å²) in [5.74, 6) is -0.487. The maximum absolute atomic E-state index is 13.1. The highest BCUT2D eigenvalue weighted by Gasteiger charge is 2.17. The summed E-state index contributed by atoms with van der Waals surface area (Å²) < 4.78 is 6.29. The average molecular weight is 463 g/mol. The highest BCUT2D eigenvalue weighted by atomic mass is 32.1. The molecule has 33 heavy (non-hydrogen) atoms. The normalized spacial score (nSPS) is 11.2.